The van der Waals surface area contributed by atoms with Crippen LogP contribution in [0, 0.1) is 11.6 Å². The van der Waals surface area contributed by atoms with E-state index >= 15 is 0 Å². The molecule has 0 aliphatic carbocycles. The molecule has 0 saturated carbocycles. The lowest BCUT2D eigenvalue weighted by atomic mass is 10.2. The van der Waals surface area contributed by atoms with Crippen LogP contribution in [0.1, 0.15) is 25.7 Å². The quantitative estimate of drug-likeness (QED) is 0.777. The fourth-order valence-electron chi connectivity index (χ4n) is 1.74. The number of rotatable bonds is 1. The molecular formula is C12H14F2N2. The predicted octanol–water partition coefficient (Wildman–Crippen LogP) is 3.35. The van der Waals surface area contributed by atoms with Crippen molar-refractivity contribution in [1.29, 1.82) is 0 Å². The zero-order valence-corrected chi connectivity index (χ0v) is 8.97. The van der Waals surface area contributed by atoms with E-state index in [1.54, 1.807) is 0 Å². The number of hydrogen-bond acceptors (Lipinski definition) is 2. The molecule has 0 saturated heterocycles. The Morgan fingerprint density at radius 3 is 2.56 bits per heavy atom. The fourth-order valence-corrected chi connectivity index (χ4v) is 1.74. The molecule has 1 heterocycles. The Bertz CT molecular complexity index is 382. The van der Waals surface area contributed by atoms with E-state index in [0.29, 0.717) is 5.84 Å². The van der Waals surface area contributed by atoms with Crippen LogP contribution in [0.3, 0.4) is 0 Å². The third-order valence-electron chi connectivity index (χ3n) is 2.61. The lowest BCUT2D eigenvalue weighted by molar-refractivity contribution is 0.591. The summed E-state index contributed by atoms with van der Waals surface area (Å²) >= 11 is 0. The summed E-state index contributed by atoms with van der Waals surface area (Å²) in [4.78, 5) is 4.27. The van der Waals surface area contributed by atoms with E-state index in [2.05, 4.69) is 10.3 Å². The van der Waals surface area contributed by atoms with Gasteiger partial charge in [-0.25, -0.2) is 8.78 Å². The first-order chi connectivity index (χ1) is 7.77. The van der Waals surface area contributed by atoms with Crippen molar-refractivity contribution in [3.8, 4) is 0 Å². The zero-order valence-electron chi connectivity index (χ0n) is 8.97. The van der Waals surface area contributed by atoms with Gasteiger partial charge in [-0.2, -0.15) is 0 Å². The van der Waals surface area contributed by atoms with E-state index in [1.807, 2.05) is 0 Å². The standard InChI is InChI=1S/C12H14F2N2/c13-9-5-4-6-10(14)12(9)16-11-7-2-1-3-8-15-11/h4-6H,1-3,7-8H2,(H,15,16). The van der Waals surface area contributed by atoms with Gasteiger partial charge in [0.25, 0.3) is 0 Å². The van der Waals surface area contributed by atoms with Crippen LogP contribution < -0.4 is 5.32 Å². The third kappa shape index (κ3) is 2.56. The first-order valence-electron chi connectivity index (χ1n) is 5.52. The highest BCUT2D eigenvalue weighted by Crippen LogP contribution is 2.19. The Kier molecular flexibility index (Phi) is 3.49. The molecule has 1 aliphatic heterocycles. The minimum absolute atomic E-state index is 0.0943. The smallest absolute Gasteiger partial charge is 0.149 e. The summed E-state index contributed by atoms with van der Waals surface area (Å²) in [5.74, 6) is -0.472. The van der Waals surface area contributed by atoms with E-state index in [1.165, 1.54) is 18.2 Å². The Hall–Kier alpha value is -1.45. The number of hydrogen-bond donors (Lipinski definition) is 1. The van der Waals surface area contributed by atoms with Crippen molar-refractivity contribution in [3.63, 3.8) is 0 Å². The minimum atomic E-state index is -0.577. The largest absolute Gasteiger partial charge is 0.339 e. The maximum absolute atomic E-state index is 13.3. The van der Waals surface area contributed by atoms with Gasteiger partial charge in [0.15, 0.2) is 0 Å². The maximum atomic E-state index is 13.3. The molecule has 16 heavy (non-hydrogen) atoms. The topological polar surface area (TPSA) is 24.4 Å². The van der Waals surface area contributed by atoms with Gasteiger partial charge in [-0.3, -0.25) is 4.99 Å². The van der Waals surface area contributed by atoms with Crippen molar-refractivity contribution in [2.24, 2.45) is 4.99 Å². The second kappa shape index (κ2) is 5.05. The van der Waals surface area contributed by atoms with E-state index < -0.39 is 11.6 Å². The molecule has 0 fully saturated rings. The molecule has 4 heteroatoms. The number of amidine groups is 1. The molecule has 0 aromatic heterocycles. The number of benzene rings is 1. The summed E-state index contributed by atoms with van der Waals surface area (Å²) in [5, 5.41) is 2.76. The molecule has 0 unspecified atom stereocenters. The SMILES string of the molecule is Fc1cccc(F)c1NC1=NCCCCC1. The molecule has 86 valence electrons. The van der Waals surface area contributed by atoms with Gasteiger partial charge in [-0.05, 0) is 25.0 Å². The summed E-state index contributed by atoms with van der Waals surface area (Å²) in [5.41, 5.74) is -0.0943. The van der Waals surface area contributed by atoms with Gasteiger partial charge in [0.05, 0.1) is 0 Å². The highest BCUT2D eigenvalue weighted by molar-refractivity contribution is 5.95. The number of anilines is 1. The van der Waals surface area contributed by atoms with Crippen LogP contribution in [0.25, 0.3) is 0 Å². The molecular weight excluding hydrogens is 210 g/mol. The summed E-state index contributed by atoms with van der Waals surface area (Å²) in [6.45, 7) is 0.735. The highest BCUT2D eigenvalue weighted by atomic mass is 19.1. The van der Waals surface area contributed by atoms with Crippen molar-refractivity contribution in [2.75, 3.05) is 11.9 Å². The maximum Gasteiger partial charge on any atom is 0.149 e. The first kappa shape index (κ1) is 11.0. The molecule has 0 spiro atoms. The molecule has 1 N–H and O–H groups in total. The van der Waals surface area contributed by atoms with Crippen LogP contribution in [0.15, 0.2) is 23.2 Å². The molecule has 2 nitrogen and oxygen atoms in total. The van der Waals surface area contributed by atoms with Crippen LogP contribution in [-0.4, -0.2) is 12.4 Å². The molecule has 0 atom stereocenters. The van der Waals surface area contributed by atoms with Crippen molar-refractivity contribution in [2.45, 2.75) is 25.7 Å². The van der Waals surface area contributed by atoms with Crippen molar-refractivity contribution in [1.82, 2.24) is 0 Å². The Labute approximate surface area is 93.4 Å². The van der Waals surface area contributed by atoms with E-state index in [4.69, 9.17) is 0 Å². The van der Waals surface area contributed by atoms with Crippen molar-refractivity contribution < 1.29 is 8.78 Å². The molecule has 2 rings (SSSR count). The Morgan fingerprint density at radius 2 is 1.81 bits per heavy atom. The van der Waals surface area contributed by atoms with E-state index in [9.17, 15) is 8.78 Å². The van der Waals surface area contributed by atoms with Crippen LogP contribution in [-0.2, 0) is 0 Å². The Morgan fingerprint density at radius 1 is 1.06 bits per heavy atom. The van der Waals surface area contributed by atoms with Crippen molar-refractivity contribution >= 4 is 11.5 Å². The van der Waals surface area contributed by atoms with Gasteiger partial charge in [-0.15, -0.1) is 0 Å². The van der Waals surface area contributed by atoms with E-state index in [-0.39, 0.29) is 5.69 Å². The summed E-state index contributed by atoms with van der Waals surface area (Å²) < 4.78 is 26.7. The summed E-state index contributed by atoms with van der Waals surface area (Å²) in [7, 11) is 0. The lowest BCUT2D eigenvalue weighted by Crippen LogP contribution is -2.14. The average molecular weight is 224 g/mol. The molecule has 1 aromatic carbocycles. The van der Waals surface area contributed by atoms with Crippen LogP contribution in [0.4, 0.5) is 14.5 Å². The molecule has 0 amide bonds. The monoisotopic (exact) mass is 224 g/mol. The summed E-state index contributed by atoms with van der Waals surface area (Å²) in [6, 6.07) is 3.83. The minimum Gasteiger partial charge on any atom is -0.339 e. The van der Waals surface area contributed by atoms with E-state index in [0.717, 1.165) is 32.2 Å². The zero-order chi connectivity index (χ0) is 11.4. The van der Waals surface area contributed by atoms with Gasteiger partial charge >= 0.3 is 0 Å². The number of nitrogens with zero attached hydrogens (tertiary/aromatic N) is 1. The number of aliphatic imine (C=N–C) groups is 1. The first-order valence-corrected chi connectivity index (χ1v) is 5.52. The van der Waals surface area contributed by atoms with Crippen LogP contribution in [0.2, 0.25) is 0 Å². The van der Waals surface area contributed by atoms with Crippen LogP contribution in [0.5, 0.6) is 0 Å². The third-order valence-corrected chi connectivity index (χ3v) is 2.61. The number of halogens is 2. The number of para-hydroxylation sites is 1. The number of nitrogens with one attached hydrogen (secondary N) is 1. The van der Waals surface area contributed by atoms with Crippen LogP contribution >= 0.6 is 0 Å². The van der Waals surface area contributed by atoms with Gasteiger partial charge in [-0.1, -0.05) is 12.5 Å². The van der Waals surface area contributed by atoms with Gasteiger partial charge < -0.3 is 5.32 Å². The Balaban J connectivity index is 2.16. The van der Waals surface area contributed by atoms with Gasteiger partial charge in [0, 0.05) is 13.0 Å². The lowest BCUT2D eigenvalue weighted by Gasteiger charge is -2.09. The van der Waals surface area contributed by atoms with Crippen molar-refractivity contribution in [3.05, 3.63) is 29.8 Å². The second-order valence-electron chi connectivity index (χ2n) is 3.86. The van der Waals surface area contributed by atoms with Gasteiger partial charge in [0.1, 0.15) is 23.2 Å². The summed E-state index contributed by atoms with van der Waals surface area (Å²) in [6.07, 6.45) is 3.94. The normalized spacial score (nSPS) is 16.5. The molecule has 0 radical (unpaired) electrons. The molecule has 1 aliphatic rings. The second-order valence-corrected chi connectivity index (χ2v) is 3.86. The van der Waals surface area contributed by atoms with Gasteiger partial charge in [0.2, 0.25) is 0 Å². The average Bonchev–Trinajstić information content (AvgIpc) is 2.52. The fraction of sp³-hybridized carbons (Fsp3) is 0.417. The molecule has 1 aromatic rings. The highest BCUT2D eigenvalue weighted by Gasteiger charge is 2.11. The molecule has 0 bridgehead atoms. The predicted molar refractivity (Wildman–Crippen MR) is 60.8 cm³/mol.